The fourth-order valence-electron chi connectivity index (χ4n) is 1.20. The fourth-order valence-corrected chi connectivity index (χ4v) is 2.59. The monoisotopic (exact) mass is 350 g/mol. The molecule has 0 fully saturated rings. The maximum absolute atomic E-state index is 11.4. The molecule has 1 heterocycles. The molecule has 0 radical (unpaired) electrons. The number of carbonyl (C=O) groups excluding carboxylic acids is 1. The second-order valence-electron chi connectivity index (χ2n) is 3.55. The van der Waals surface area contributed by atoms with Crippen molar-refractivity contribution in [2.24, 2.45) is 0 Å². The van der Waals surface area contributed by atoms with Gasteiger partial charge in [-0.15, -0.1) is 11.3 Å². The number of carboxylic acid groups (broad SMARTS) is 2. The molecule has 1 unspecified atom stereocenters. The normalized spacial score (nSPS) is 11.6. The third-order valence-electron chi connectivity index (χ3n) is 2.03. The number of rotatable bonds is 6. The molecule has 0 spiro atoms. The van der Waals surface area contributed by atoms with Crippen molar-refractivity contribution in [3.8, 4) is 0 Å². The number of halogens is 1. The zero-order chi connectivity index (χ0) is 14.4. The number of nitrogens with one attached hydrogen (secondary N) is 2. The summed E-state index contributed by atoms with van der Waals surface area (Å²) in [5.41, 5.74) is 0. The second-order valence-corrected chi connectivity index (χ2v) is 5.46. The van der Waals surface area contributed by atoms with Gasteiger partial charge in [-0.05, 0) is 22.0 Å². The Hall–Kier alpha value is -1.61. The van der Waals surface area contributed by atoms with Crippen LogP contribution >= 0.6 is 27.3 Å². The summed E-state index contributed by atoms with van der Waals surface area (Å²) in [7, 11) is 0. The van der Waals surface area contributed by atoms with E-state index in [4.69, 9.17) is 10.2 Å². The number of hydrogen-bond donors (Lipinski definition) is 4. The highest BCUT2D eigenvalue weighted by Gasteiger charge is 2.22. The molecule has 7 nitrogen and oxygen atoms in total. The van der Waals surface area contributed by atoms with Gasteiger partial charge in [0.15, 0.2) is 0 Å². The molecule has 0 bridgehead atoms. The van der Waals surface area contributed by atoms with Crippen LogP contribution in [0.5, 0.6) is 0 Å². The molecule has 1 atom stereocenters. The summed E-state index contributed by atoms with van der Waals surface area (Å²) in [6.07, 6.45) is -0.673. The quantitative estimate of drug-likeness (QED) is 0.615. The van der Waals surface area contributed by atoms with Gasteiger partial charge in [0.25, 0.3) is 0 Å². The number of urea groups is 1. The van der Waals surface area contributed by atoms with Gasteiger partial charge in [0.05, 0.1) is 13.0 Å². The highest BCUT2D eigenvalue weighted by Crippen LogP contribution is 2.19. The van der Waals surface area contributed by atoms with Crippen LogP contribution < -0.4 is 10.6 Å². The van der Waals surface area contributed by atoms with Crippen molar-refractivity contribution in [3.63, 3.8) is 0 Å². The van der Waals surface area contributed by atoms with E-state index < -0.39 is 30.4 Å². The summed E-state index contributed by atoms with van der Waals surface area (Å²) in [6.45, 7) is 0.238. The molecule has 0 aliphatic carbocycles. The molecule has 1 aromatic heterocycles. The van der Waals surface area contributed by atoms with Gasteiger partial charge in [0.1, 0.15) is 6.04 Å². The Morgan fingerprint density at radius 1 is 1.37 bits per heavy atom. The third-order valence-corrected chi connectivity index (χ3v) is 3.72. The molecule has 0 aliphatic rings. The summed E-state index contributed by atoms with van der Waals surface area (Å²) in [4.78, 5) is 33.5. The van der Waals surface area contributed by atoms with Gasteiger partial charge in [0, 0.05) is 14.7 Å². The Labute approximate surface area is 120 Å². The van der Waals surface area contributed by atoms with Gasteiger partial charge in [-0.25, -0.2) is 9.59 Å². The summed E-state index contributed by atoms with van der Waals surface area (Å²) in [6, 6.07) is -0.359. The van der Waals surface area contributed by atoms with Crippen LogP contribution in [-0.2, 0) is 16.1 Å². The van der Waals surface area contributed by atoms with Crippen LogP contribution in [0.3, 0.4) is 0 Å². The van der Waals surface area contributed by atoms with E-state index in [9.17, 15) is 14.4 Å². The first kappa shape index (κ1) is 15.4. The summed E-state index contributed by atoms with van der Waals surface area (Å²) in [5.74, 6) is -2.69. The van der Waals surface area contributed by atoms with E-state index in [1.807, 2.05) is 11.4 Å². The summed E-state index contributed by atoms with van der Waals surface area (Å²) < 4.78 is 0.893. The average molecular weight is 351 g/mol. The molecule has 9 heteroatoms. The Kier molecular flexibility index (Phi) is 5.77. The van der Waals surface area contributed by atoms with E-state index in [1.165, 1.54) is 11.3 Å². The molecule has 104 valence electrons. The number of hydrogen-bond acceptors (Lipinski definition) is 4. The van der Waals surface area contributed by atoms with Crippen LogP contribution in [-0.4, -0.2) is 34.2 Å². The first-order chi connectivity index (χ1) is 8.88. The molecule has 0 aromatic carbocycles. The topological polar surface area (TPSA) is 116 Å². The zero-order valence-electron chi connectivity index (χ0n) is 9.55. The molecule has 2 amide bonds. The molecule has 19 heavy (non-hydrogen) atoms. The van der Waals surface area contributed by atoms with Crippen LogP contribution in [0.4, 0.5) is 4.79 Å². The van der Waals surface area contributed by atoms with Gasteiger partial charge in [-0.1, -0.05) is 0 Å². The summed E-state index contributed by atoms with van der Waals surface area (Å²) >= 11 is 4.69. The van der Waals surface area contributed by atoms with Crippen molar-refractivity contribution >= 4 is 45.2 Å². The smallest absolute Gasteiger partial charge is 0.326 e. The lowest BCUT2D eigenvalue weighted by molar-refractivity contribution is -0.145. The fraction of sp³-hybridized carbons (Fsp3) is 0.300. The first-order valence-corrected chi connectivity index (χ1v) is 6.77. The van der Waals surface area contributed by atoms with Crippen molar-refractivity contribution in [2.75, 3.05) is 0 Å². The van der Waals surface area contributed by atoms with Gasteiger partial charge in [0.2, 0.25) is 0 Å². The Bertz CT molecular complexity index is 490. The largest absolute Gasteiger partial charge is 0.481 e. The van der Waals surface area contributed by atoms with Crippen LogP contribution in [0, 0.1) is 0 Å². The van der Waals surface area contributed by atoms with E-state index in [0.29, 0.717) is 0 Å². The van der Waals surface area contributed by atoms with Crippen LogP contribution in [0.25, 0.3) is 0 Å². The second kappa shape index (κ2) is 7.10. The number of carboxylic acids is 2. The third kappa shape index (κ3) is 5.71. The highest BCUT2D eigenvalue weighted by atomic mass is 79.9. The number of thiophene rings is 1. The van der Waals surface area contributed by atoms with Gasteiger partial charge < -0.3 is 20.8 Å². The molecule has 1 aromatic rings. The molecule has 4 N–H and O–H groups in total. The SMILES string of the molecule is O=C(O)CC(NC(=O)NCc1cc(Br)cs1)C(=O)O. The van der Waals surface area contributed by atoms with Crippen molar-refractivity contribution in [1.82, 2.24) is 10.6 Å². The van der Waals surface area contributed by atoms with E-state index in [2.05, 4.69) is 26.6 Å². The lowest BCUT2D eigenvalue weighted by atomic mass is 10.2. The van der Waals surface area contributed by atoms with Crippen molar-refractivity contribution in [1.29, 1.82) is 0 Å². The van der Waals surface area contributed by atoms with Crippen molar-refractivity contribution in [2.45, 2.75) is 19.0 Å². The number of amides is 2. The van der Waals surface area contributed by atoms with Gasteiger partial charge >= 0.3 is 18.0 Å². The molecule has 0 saturated heterocycles. The summed E-state index contributed by atoms with van der Waals surface area (Å²) in [5, 5.41) is 23.7. The Morgan fingerprint density at radius 3 is 2.53 bits per heavy atom. The van der Waals surface area contributed by atoms with Crippen molar-refractivity contribution in [3.05, 3.63) is 20.8 Å². The Balaban J connectivity index is 2.44. The van der Waals surface area contributed by atoms with E-state index >= 15 is 0 Å². The molecule has 0 aliphatic heterocycles. The maximum atomic E-state index is 11.4. The number of carbonyl (C=O) groups is 3. The van der Waals surface area contributed by atoms with E-state index in [0.717, 1.165) is 9.35 Å². The minimum atomic E-state index is -1.45. The zero-order valence-corrected chi connectivity index (χ0v) is 12.0. The number of aliphatic carboxylic acids is 2. The van der Waals surface area contributed by atoms with Gasteiger partial charge in [-0.3, -0.25) is 4.79 Å². The Morgan fingerprint density at radius 2 is 2.05 bits per heavy atom. The molecular formula is C10H11BrN2O5S. The molecular weight excluding hydrogens is 340 g/mol. The highest BCUT2D eigenvalue weighted by molar-refractivity contribution is 9.10. The predicted molar refractivity (Wildman–Crippen MR) is 71.1 cm³/mol. The predicted octanol–water partition coefficient (Wildman–Crippen LogP) is 1.24. The van der Waals surface area contributed by atoms with Crippen LogP contribution in [0.15, 0.2) is 15.9 Å². The lowest BCUT2D eigenvalue weighted by Crippen LogP contribution is -2.46. The molecule has 1 rings (SSSR count). The van der Waals surface area contributed by atoms with Gasteiger partial charge in [-0.2, -0.15) is 0 Å². The minimum Gasteiger partial charge on any atom is -0.481 e. The van der Waals surface area contributed by atoms with E-state index in [1.54, 1.807) is 0 Å². The van der Waals surface area contributed by atoms with E-state index in [-0.39, 0.29) is 6.54 Å². The standard InChI is InChI=1S/C10H11BrN2O5S/c11-5-1-6(19-4-5)3-12-10(18)13-7(9(16)17)2-8(14)15/h1,4,7H,2-3H2,(H,14,15)(H,16,17)(H2,12,13,18). The minimum absolute atomic E-state index is 0.238. The first-order valence-electron chi connectivity index (χ1n) is 5.10. The lowest BCUT2D eigenvalue weighted by Gasteiger charge is -2.12. The van der Waals surface area contributed by atoms with Crippen LogP contribution in [0.2, 0.25) is 0 Å². The average Bonchev–Trinajstić information content (AvgIpc) is 2.71. The van der Waals surface area contributed by atoms with Crippen LogP contribution in [0.1, 0.15) is 11.3 Å². The molecule has 0 saturated carbocycles. The maximum Gasteiger partial charge on any atom is 0.326 e. The van der Waals surface area contributed by atoms with Crippen molar-refractivity contribution < 1.29 is 24.6 Å².